The summed E-state index contributed by atoms with van der Waals surface area (Å²) in [5.74, 6) is 1.34. The number of thiazole rings is 1. The van der Waals surface area contributed by atoms with Crippen LogP contribution in [0.1, 0.15) is 34.2 Å². The minimum Gasteiger partial charge on any atom is -0.490 e. The predicted octanol–water partition coefficient (Wildman–Crippen LogP) is 6.96. The summed E-state index contributed by atoms with van der Waals surface area (Å²) in [4.78, 5) is 4.61. The maximum Gasteiger partial charge on any atom is 0.161 e. The number of hydrogen-bond acceptors (Lipinski definition) is 5. The van der Waals surface area contributed by atoms with Crippen LogP contribution in [0.2, 0.25) is 0 Å². The molecule has 1 heterocycles. The van der Waals surface area contributed by atoms with Crippen molar-refractivity contribution in [1.29, 1.82) is 5.26 Å². The Morgan fingerprint density at radius 1 is 1.03 bits per heavy atom. The molecule has 5 heteroatoms. The lowest BCUT2D eigenvalue weighted by atomic mass is 10.1. The molecule has 1 aromatic heterocycles. The molecule has 4 aromatic rings. The van der Waals surface area contributed by atoms with E-state index in [0.717, 1.165) is 21.3 Å². The van der Waals surface area contributed by atoms with Crippen LogP contribution in [0.25, 0.3) is 21.9 Å². The summed E-state index contributed by atoms with van der Waals surface area (Å²) < 4.78 is 13.0. The largest absolute Gasteiger partial charge is 0.490 e. The number of allylic oxidation sites excluding steroid dienone is 1. The van der Waals surface area contributed by atoms with Crippen LogP contribution in [0.15, 0.2) is 60.7 Å². The molecule has 0 amide bonds. The van der Waals surface area contributed by atoms with Crippen LogP contribution in [-0.4, -0.2) is 11.6 Å². The fourth-order valence-electron chi connectivity index (χ4n) is 3.41. The predicted molar refractivity (Wildman–Crippen MR) is 131 cm³/mol. The number of aromatic nitrogens is 1. The van der Waals surface area contributed by atoms with Crippen molar-refractivity contribution < 1.29 is 9.47 Å². The van der Waals surface area contributed by atoms with E-state index >= 15 is 0 Å². The molecule has 3 aromatic carbocycles. The first-order valence-corrected chi connectivity index (χ1v) is 11.3. The van der Waals surface area contributed by atoms with Gasteiger partial charge in [-0.05, 0) is 67.8 Å². The SMILES string of the molecule is CCOc1cc(/C=C(/C#N)c2nc3ccccc3s2)ccc1OCc1cc(C)ccc1C. The zero-order valence-corrected chi connectivity index (χ0v) is 19.2. The average molecular weight is 441 g/mol. The third-order valence-electron chi connectivity index (χ3n) is 5.11. The Kier molecular flexibility index (Phi) is 6.53. The number of benzene rings is 3. The number of para-hydroxylation sites is 1. The van der Waals surface area contributed by atoms with Crippen molar-refractivity contribution in [3.05, 3.63) is 87.9 Å². The van der Waals surface area contributed by atoms with E-state index in [1.54, 1.807) is 0 Å². The van der Waals surface area contributed by atoms with Crippen LogP contribution in [0.4, 0.5) is 0 Å². The third-order valence-corrected chi connectivity index (χ3v) is 6.18. The van der Waals surface area contributed by atoms with Crippen LogP contribution in [0.5, 0.6) is 11.5 Å². The zero-order valence-electron chi connectivity index (χ0n) is 18.4. The highest BCUT2D eigenvalue weighted by Crippen LogP contribution is 2.32. The van der Waals surface area contributed by atoms with Gasteiger partial charge in [0, 0.05) is 0 Å². The van der Waals surface area contributed by atoms with E-state index in [9.17, 15) is 5.26 Å². The monoisotopic (exact) mass is 440 g/mol. The first-order valence-electron chi connectivity index (χ1n) is 10.5. The minimum atomic E-state index is 0.470. The number of hydrogen-bond donors (Lipinski definition) is 0. The molecule has 160 valence electrons. The molecule has 0 fully saturated rings. The quantitative estimate of drug-likeness (QED) is 0.292. The molecule has 0 aliphatic carbocycles. The summed E-state index contributed by atoms with van der Waals surface area (Å²) >= 11 is 1.52. The molecule has 0 atom stereocenters. The van der Waals surface area contributed by atoms with E-state index < -0.39 is 0 Å². The molecule has 0 saturated heterocycles. The van der Waals surface area contributed by atoms with Gasteiger partial charge in [-0.2, -0.15) is 5.26 Å². The molecule has 0 bridgehead atoms. The smallest absolute Gasteiger partial charge is 0.161 e. The zero-order chi connectivity index (χ0) is 22.5. The normalized spacial score (nSPS) is 11.4. The lowest BCUT2D eigenvalue weighted by Gasteiger charge is -2.14. The van der Waals surface area contributed by atoms with Crippen molar-refractivity contribution in [3.63, 3.8) is 0 Å². The van der Waals surface area contributed by atoms with Crippen molar-refractivity contribution in [2.75, 3.05) is 6.61 Å². The van der Waals surface area contributed by atoms with Gasteiger partial charge in [0.05, 0.1) is 22.4 Å². The summed E-state index contributed by atoms with van der Waals surface area (Å²) in [6, 6.07) is 22.3. The molecular formula is C27H24N2O2S. The molecule has 0 aliphatic heterocycles. The van der Waals surface area contributed by atoms with Crippen molar-refractivity contribution in [2.24, 2.45) is 0 Å². The van der Waals surface area contributed by atoms with E-state index in [0.29, 0.717) is 35.3 Å². The fourth-order valence-corrected chi connectivity index (χ4v) is 4.34. The van der Waals surface area contributed by atoms with Gasteiger partial charge in [-0.1, -0.05) is 42.0 Å². The highest BCUT2D eigenvalue weighted by Gasteiger charge is 2.11. The molecule has 4 rings (SSSR count). The van der Waals surface area contributed by atoms with Gasteiger partial charge in [0.2, 0.25) is 0 Å². The topological polar surface area (TPSA) is 55.1 Å². The Morgan fingerprint density at radius 3 is 2.66 bits per heavy atom. The molecule has 0 radical (unpaired) electrons. The molecule has 32 heavy (non-hydrogen) atoms. The summed E-state index contributed by atoms with van der Waals surface area (Å²) in [6.45, 7) is 7.10. The van der Waals surface area contributed by atoms with Gasteiger partial charge >= 0.3 is 0 Å². The van der Waals surface area contributed by atoms with Gasteiger partial charge in [0.15, 0.2) is 11.5 Å². The number of ether oxygens (including phenoxy) is 2. The Morgan fingerprint density at radius 2 is 1.88 bits per heavy atom. The first kappa shape index (κ1) is 21.6. The standard InChI is InChI=1S/C27H24N2O2S/c1-4-30-25-15-20(11-12-24(25)31-17-22-13-18(2)9-10-19(22)3)14-21(16-28)27-29-23-7-5-6-8-26(23)32-27/h5-15H,4,17H2,1-3H3/b21-14-. The number of fused-ring (bicyclic) bond motifs is 1. The van der Waals surface area contributed by atoms with Crippen molar-refractivity contribution in [1.82, 2.24) is 4.98 Å². The van der Waals surface area contributed by atoms with Gasteiger partial charge in [-0.3, -0.25) is 0 Å². The lowest BCUT2D eigenvalue weighted by molar-refractivity contribution is 0.269. The summed E-state index contributed by atoms with van der Waals surface area (Å²) in [5, 5.41) is 10.5. The maximum atomic E-state index is 9.74. The van der Waals surface area contributed by atoms with Crippen molar-refractivity contribution >= 4 is 33.2 Å². The van der Waals surface area contributed by atoms with Crippen LogP contribution in [-0.2, 0) is 6.61 Å². The van der Waals surface area contributed by atoms with Crippen molar-refractivity contribution in [2.45, 2.75) is 27.4 Å². The number of nitrogens with zero attached hydrogens (tertiary/aromatic N) is 2. The Bertz CT molecular complexity index is 1300. The Labute approximate surface area is 192 Å². The molecule has 0 unspecified atom stereocenters. The average Bonchev–Trinajstić information content (AvgIpc) is 3.23. The van der Waals surface area contributed by atoms with E-state index in [-0.39, 0.29) is 0 Å². The number of nitriles is 1. The summed E-state index contributed by atoms with van der Waals surface area (Å²) in [5.41, 5.74) is 5.85. The second kappa shape index (κ2) is 9.67. The van der Waals surface area contributed by atoms with E-state index in [2.05, 4.69) is 43.1 Å². The molecule has 0 saturated carbocycles. The molecular weight excluding hydrogens is 416 g/mol. The molecule has 0 spiro atoms. The third kappa shape index (κ3) is 4.82. The lowest BCUT2D eigenvalue weighted by Crippen LogP contribution is -2.01. The number of aryl methyl sites for hydroxylation is 2. The first-order chi connectivity index (χ1) is 15.6. The van der Waals surface area contributed by atoms with E-state index in [1.165, 1.54) is 22.5 Å². The Balaban J connectivity index is 1.61. The van der Waals surface area contributed by atoms with Crippen LogP contribution in [0.3, 0.4) is 0 Å². The van der Waals surface area contributed by atoms with Crippen LogP contribution < -0.4 is 9.47 Å². The summed E-state index contributed by atoms with van der Waals surface area (Å²) in [7, 11) is 0. The van der Waals surface area contributed by atoms with Crippen LogP contribution >= 0.6 is 11.3 Å². The molecule has 4 nitrogen and oxygen atoms in total. The van der Waals surface area contributed by atoms with Crippen molar-refractivity contribution in [3.8, 4) is 17.6 Å². The fraction of sp³-hybridized carbons (Fsp3) is 0.185. The minimum absolute atomic E-state index is 0.470. The van der Waals surface area contributed by atoms with Gasteiger partial charge in [0.25, 0.3) is 0 Å². The van der Waals surface area contributed by atoms with E-state index in [1.807, 2.05) is 55.5 Å². The van der Waals surface area contributed by atoms with Gasteiger partial charge in [-0.15, -0.1) is 11.3 Å². The van der Waals surface area contributed by atoms with Gasteiger partial charge < -0.3 is 9.47 Å². The van der Waals surface area contributed by atoms with E-state index in [4.69, 9.17) is 9.47 Å². The second-order valence-electron chi connectivity index (χ2n) is 7.51. The highest BCUT2D eigenvalue weighted by molar-refractivity contribution is 7.19. The van der Waals surface area contributed by atoms with Crippen LogP contribution in [0, 0.1) is 25.2 Å². The van der Waals surface area contributed by atoms with Gasteiger partial charge in [0.1, 0.15) is 17.7 Å². The second-order valence-corrected chi connectivity index (χ2v) is 8.55. The molecule has 0 N–H and O–H groups in total. The van der Waals surface area contributed by atoms with Gasteiger partial charge in [-0.25, -0.2) is 4.98 Å². The number of rotatable bonds is 7. The molecule has 0 aliphatic rings. The Hall–Kier alpha value is -3.62. The maximum absolute atomic E-state index is 9.74. The highest BCUT2D eigenvalue weighted by atomic mass is 32.1. The summed E-state index contributed by atoms with van der Waals surface area (Å²) in [6.07, 6.45) is 1.84.